The largest absolute Gasteiger partial charge is 0.364 e. The van der Waals surface area contributed by atoms with E-state index < -0.39 is 0 Å². The van der Waals surface area contributed by atoms with Crippen LogP contribution in [0.4, 0.5) is 0 Å². The van der Waals surface area contributed by atoms with Gasteiger partial charge in [0.1, 0.15) is 6.26 Å². The van der Waals surface area contributed by atoms with Crippen LogP contribution in [-0.2, 0) is 0 Å². The molecular formula is C10H15N3O2. The highest BCUT2D eigenvalue weighted by molar-refractivity contribution is 5.91. The van der Waals surface area contributed by atoms with Crippen LogP contribution >= 0.6 is 0 Å². The number of nitrogens with zero attached hydrogens (tertiary/aromatic N) is 1. The van der Waals surface area contributed by atoms with Gasteiger partial charge in [0.25, 0.3) is 5.91 Å². The van der Waals surface area contributed by atoms with E-state index >= 15 is 0 Å². The molecule has 0 unspecified atom stereocenters. The zero-order chi connectivity index (χ0) is 10.5. The second-order valence-electron chi connectivity index (χ2n) is 3.72. The third kappa shape index (κ3) is 2.79. The molecule has 1 aliphatic rings. The molecule has 82 valence electrons. The van der Waals surface area contributed by atoms with Gasteiger partial charge in [-0.3, -0.25) is 4.79 Å². The van der Waals surface area contributed by atoms with Crippen molar-refractivity contribution < 1.29 is 9.32 Å². The molecule has 0 aliphatic carbocycles. The van der Waals surface area contributed by atoms with Gasteiger partial charge in [-0.1, -0.05) is 5.16 Å². The van der Waals surface area contributed by atoms with Crippen molar-refractivity contribution in [2.24, 2.45) is 0 Å². The van der Waals surface area contributed by atoms with Gasteiger partial charge in [0.05, 0.1) is 0 Å². The Morgan fingerprint density at radius 1 is 1.73 bits per heavy atom. The van der Waals surface area contributed by atoms with Crippen LogP contribution in [0.25, 0.3) is 0 Å². The van der Waals surface area contributed by atoms with Crippen molar-refractivity contribution in [2.45, 2.75) is 25.3 Å². The Labute approximate surface area is 88.2 Å². The van der Waals surface area contributed by atoms with Crippen molar-refractivity contribution in [3.63, 3.8) is 0 Å². The van der Waals surface area contributed by atoms with Gasteiger partial charge in [0, 0.05) is 18.7 Å². The number of carbonyl (C=O) groups excluding carboxylic acids is 1. The minimum absolute atomic E-state index is 0.165. The summed E-state index contributed by atoms with van der Waals surface area (Å²) in [5.74, 6) is -0.165. The maximum Gasteiger partial charge on any atom is 0.273 e. The SMILES string of the molecule is O=C(NCC[C@H]1CCCN1)c1ccon1. The molecule has 0 bridgehead atoms. The first-order chi connectivity index (χ1) is 7.36. The predicted molar refractivity (Wildman–Crippen MR) is 54.5 cm³/mol. The lowest BCUT2D eigenvalue weighted by molar-refractivity contribution is 0.0943. The molecule has 1 atom stereocenters. The quantitative estimate of drug-likeness (QED) is 0.759. The number of hydrogen-bond donors (Lipinski definition) is 2. The number of carbonyl (C=O) groups is 1. The van der Waals surface area contributed by atoms with Crippen molar-refractivity contribution in [2.75, 3.05) is 13.1 Å². The van der Waals surface area contributed by atoms with Crippen LogP contribution in [0.1, 0.15) is 29.8 Å². The summed E-state index contributed by atoms with van der Waals surface area (Å²) >= 11 is 0. The second kappa shape index (κ2) is 4.93. The van der Waals surface area contributed by atoms with Gasteiger partial charge in [0.15, 0.2) is 5.69 Å². The molecule has 5 heteroatoms. The minimum Gasteiger partial charge on any atom is -0.364 e. The van der Waals surface area contributed by atoms with Crippen molar-refractivity contribution in [3.8, 4) is 0 Å². The van der Waals surface area contributed by atoms with Crippen LogP contribution in [-0.4, -0.2) is 30.2 Å². The Morgan fingerprint density at radius 3 is 3.33 bits per heavy atom. The Hall–Kier alpha value is -1.36. The third-order valence-corrected chi connectivity index (χ3v) is 2.61. The van der Waals surface area contributed by atoms with Gasteiger partial charge in [-0.15, -0.1) is 0 Å². The van der Waals surface area contributed by atoms with E-state index in [1.807, 2.05) is 0 Å². The van der Waals surface area contributed by atoms with Crippen molar-refractivity contribution >= 4 is 5.91 Å². The van der Waals surface area contributed by atoms with Crippen molar-refractivity contribution in [1.82, 2.24) is 15.8 Å². The summed E-state index contributed by atoms with van der Waals surface area (Å²) in [5, 5.41) is 9.75. The van der Waals surface area contributed by atoms with E-state index in [1.54, 1.807) is 6.07 Å². The van der Waals surface area contributed by atoms with E-state index in [2.05, 4.69) is 20.3 Å². The maximum absolute atomic E-state index is 11.4. The van der Waals surface area contributed by atoms with Crippen LogP contribution in [0.2, 0.25) is 0 Å². The molecule has 0 aromatic carbocycles. The van der Waals surface area contributed by atoms with Gasteiger partial charge < -0.3 is 15.2 Å². The first kappa shape index (κ1) is 10.2. The molecule has 5 nitrogen and oxygen atoms in total. The van der Waals surface area contributed by atoms with Crippen molar-refractivity contribution in [1.29, 1.82) is 0 Å². The van der Waals surface area contributed by atoms with Gasteiger partial charge in [-0.2, -0.15) is 0 Å². The Kier molecular flexibility index (Phi) is 3.34. The third-order valence-electron chi connectivity index (χ3n) is 2.61. The van der Waals surface area contributed by atoms with E-state index in [9.17, 15) is 4.79 Å². The lowest BCUT2D eigenvalue weighted by Crippen LogP contribution is -2.30. The first-order valence-corrected chi connectivity index (χ1v) is 5.28. The molecular weight excluding hydrogens is 194 g/mol. The summed E-state index contributed by atoms with van der Waals surface area (Å²) in [6.45, 7) is 1.78. The van der Waals surface area contributed by atoms with Crippen molar-refractivity contribution in [3.05, 3.63) is 18.0 Å². The molecule has 2 rings (SSSR count). The van der Waals surface area contributed by atoms with E-state index in [4.69, 9.17) is 0 Å². The van der Waals surface area contributed by atoms with Gasteiger partial charge in [0.2, 0.25) is 0 Å². The molecule has 1 fully saturated rings. The zero-order valence-corrected chi connectivity index (χ0v) is 8.53. The predicted octanol–water partition coefficient (Wildman–Crippen LogP) is 0.546. The number of aromatic nitrogens is 1. The molecule has 0 spiro atoms. The fraction of sp³-hybridized carbons (Fsp3) is 0.600. The summed E-state index contributed by atoms with van der Waals surface area (Å²) in [5.41, 5.74) is 0.342. The summed E-state index contributed by atoms with van der Waals surface area (Å²) in [7, 11) is 0. The van der Waals surface area contributed by atoms with Gasteiger partial charge in [-0.05, 0) is 25.8 Å². The molecule has 2 heterocycles. The van der Waals surface area contributed by atoms with Crippen LogP contribution in [0.15, 0.2) is 16.9 Å². The molecule has 1 amide bonds. The first-order valence-electron chi connectivity index (χ1n) is 5.28. The standard InChI is InChI=1S/C10H15N3O2/c14-10(9-4-7-15-13-9)12-6-3-8-2-1-5-11-8/h4,7-8,11H,1-3,5-6H2,(H,12,14)/t8-/m1/s1. The van der Waals surface area contributed by atoms with Gasteiger partial charge >= 0.3 is 0 Å². The Balaban J connectivity index is 1.67. The van der Waals surface area contributed by atoms with Crippen LogP contribution in [0.5, 0.6) is 0 Å². The number of hydrogen-bond acceptors (Lipinski definition) is 4. The van der Waals surface area contributed by atoms with Crippen LogP contribution < -0.4 is 10.6 Å². The number of nitrogens with one attached hydrogen (secondary N) is 2. The second-order valence-corrected chi connectivity index (χ2v) is 3.72. The fourth-order valence-corrected chi connectivity index (χ4v) is 1.78. The molecule has 1 saturated heterocycles. The van der Waals surface area contributed by atoms with Crippen LogP contribution in [0.3, 0.4) is 0 Å². The molecule has 1 aliphatic heterocycles. The smallest absolute Gasteiger partial charge is 0.273 e. The summed E-state index contributed by atoms with van der Waals surface area (Å²) in [4.78, 5) is 11.4. The Morgan fingerprint density at radius 2 is 2.67 bits per heavy atom. The summed E-state index contributed by atoms with van der Waals surface area (Å²) < 4.78 is 4.59. The number of rotatable bonds is 4. The van der Waals surface area contributed by atoms with Crippen LogP contribution in [0, 0.1) is 0 Å². The normalized spacial score (nSPS) is 20.4. The summed E-state index contributed by atoms with van der Waals surface area (Å²) in [6, 6.07) is 2.12. The molecule has 15 heavy (non-hydrogen) atoms. The van der Waals surface area contributed by atoms with E-state index in [1.165, 1.54) is 19.1 Å². The highest BCUT2D eigenvalue weighted by Gasteiger charge is 2.14. The lowest BCUT2D eigenvalue weighted by Gasteiger charge is -2.09. The molecule has 1 aromatic rings. The molecule has 0 radical (unpaired) electrons. The molecule has 0 saturated carbocycles. The zero-order valence-electron chi connectivity index (χ0n) is 8.53. The maximum atomic E-state index is 11.4. The molecule has 2 N–H and O–H groups in total. The molecule has 1 aromatic heterocycles. The lowest BCUT2D eigenvalue weighted by atomic mass is 10.1. The minimum atomic E-state index is -0.165. The fourth-order valence-electron chi connectivity index (χ4n) is 1.78. The number of amides is 1. The average molecular weight is 209 g/mol. The van der Waals surface area contributed by atoms with E-state index in [-0.39, 0.29) is 5.91 Å². The Bertz CT molecular complexity index is 304. The van der Waals surface area contributed by atoms with E-state index in [0.29, 0.717) is 18.3 Å². The highest BCUT2D eigenvalue weighted by Crippen LogP contribution is 2.07. The average Bonchev–Trinajstić information content (AvgIpc) is 2.90. The monoisotopic (exact) mass is 209 g/mol. The summed E-state index contributed by atoms with van der Waals surface area (Å²) in [6.07, 6.45) is 4.82. The van der Waals surface area contributed by atoms with E-state index in [0.717, 1.165) is 13.0 Å². The topological polar surface area (TPSA) is 67.2 Å². The highest BCUT2D eigenvalue weighted by atomic mass is 16.5. The van der Waals surface area contributed by atoms with Gasteiger partial charge in [-0.25, -0.2) is 0 Å².